The summed E-state index contributed by atoms with van der Waals surface area (Å²) in [6.07, 6.45) is 0.997. The number of benzene rings is 2. The molecule has 0 unspecified atom stereocenters. The number of thioether (sulfide) groups is 1. The molecule has 1 amide bonds. The Kier molecular flexibility index (Phi) is 8.97. The third kappa shape index (κ3) is 7.57. The molecule has 5 nitrogen and oxygen atoms in total. The van der Waals surface area contributed by atoms with Gasteiger partial charge in [0.25, 0.3) is 0 Å². The van der Waals surface area contributed by atoms with Crippen LogP contribution in [0.3, 0.4) is 0 Å². The Labute approximate surface area is 190 Å². The summed E-state index contributed by atoms with van der Waals surface area (Å²) in [6, 6.07) is 10.9. The lowest BCUT2D eigenvalue weighted by Crippen LogP contribution is -2.41. The van der Waals surface area contributed by atoms with E-state index in [0.717, 1.165) is 16.3 Å². The highest BCUT2D eigenvalue weighted by Crippen LogP contribution is 2.35. The molecule has 2 aromatic carbocycles. The molecule has 0 aromatic heterocycles. The van der Waals surface area contributed by atoms with Crippen LogP contribution in [0.15, 0.2) is 36.4 Å². The Bertz CT molecular complexity index is 967. The fourth-order valence-electron chi connectivity index (χ4n) is 2.41. The SMILES string of the molecule is Cc1ccc(CSCCNC(=O)CN(c2cc(Cl)c(Cl)cc2Cl)S(C)(=O)=O)cc1. The largest absolute Gasteiger partial charge is 0.354 e. The predicted molar refractivity (Wildman–Crippen MR) is 124 cm³/mol. The first-order valence-corrected chi connectivity index (χ1v) is 12.7. The van der Waals surface area contributed by atoms with Crippen LogP contribution >= 0.6 is 46.6 Å². The van der Waals surface area contributed by atoms with Gasteiger partial charge in [0.1, 0.15) is 6.54 Å². The van der Waals surface area contributed by atoms with Crippen molar-refractivity contribution in [2.75, 3.05) is 29.4 Å². The quantitative estimate of drug-likeness (QED) is 0.402. The Hall–Kier alpha value is -1.12. The predicted octanol–water partition coefficient (Wildman–Crippen LogP) is 4.77. The highest BCUT2D eigenvalue weighted by atomic mass is 35.5. The van der Waals surface area contributed by atoms with Crippen molar-refractivity contribution in [3.8, 4) is 0 Å². The minimum absolute atomic E-state index is 0.0891. The van der Waals surface area contributed by atoms with Crippen LogP contribution in [-0.2, 0) is 20.6 Å². The summed E-state index contributed by atoms with van der Waals surface area (Å²) in [6.45, 7) is 2.05. The number of rotatable bonds is 9. The molecule has 158 valence electrons. The second kappa shape index (κ2) is 10.8. The van der Waals surface area contributed by atoms with Crippen molar-refractivity contribution in [1.29, 1.82) is 0 Å². The maximum Gasteiger partial charge on any atom is 0.240 e. The minimum atomic E-state index is -3.76. The monoisotopic (exact) mass is 494 g/mol. The average molecular weight is 496 g/mol. The van der Waals surface area contributed by atoms with E-state index in [9.17, 15) is 13.2 Å². The van der Waals surface area contributed by atoms with E-state index in [1.54, 1.807) is 11.8 Å². The lowest BCUT2D eigenvalue weighted by Gasteiger charge is -2.23. The van der Waals surface area contributed by atoms with Crippen molar-refractivity contribution in [3.05, 3.63) is 62.6 Å². The minimum Gasteiger partial charge on any atom is -0.354 e. The highest BCUT2D eigenvalue weighted by Gasteiger charge is 2.24. The molecular weight excluding hydrogens is 475 g/mol. The van der Waals surface area contributed by atoms with Crippen molar-refractivity contribution < 1.29 is 13.2 Å². The van der Waals surface area contributed by atoms with Crippen LogP contribution in [-0.4, -0.2) is 39.4 Å². The second-order valence-corrected chi connectivity index (χ2v) is 10.6. The van der Waals surface area contributed by atoms with Gasteiger partial charge in [0.05, 0.1) is 27.0 Å². The van der Waals surface area contributed by atoms with Crippen LogP contribution in [0.1, 0.15) is 11.1 Å². The first-order chi connectivity index (χ1) is 13.6. The van der Waals surface area contributed by atoms with Crippen molar-refractivity contribution in [2.24, 2.45) is 0 Å². The fourth-order valence-corrected chi connectivity index (χ4v) is 4.78. The molecule has 1 N–H and O–H groups in total. The number of anilines is 1. The number of amides is 1. The third-order valence-electron chi connectivity index (χ3n) is 3.90. The van der Waals surface area contributed by atoms with Crippen LogP contribution in [0.5, 0.6) is 0 Å². The number of sulfonamides is 1. The Morgan fingerprint density at radius 1 is 1.07 bits per heavy atom. The van der Waals surface area contributed by atoms with Gasteiger partial charge in [-0.15, -0.1) is 0 Å². The van der Waals surface area contributed by atoms with Crippen LogP contribution in [0, 0.1) is 6.92 Å². The molecule has 0 aliphatic heterocycles. The topological polar surface area (TPSA) is 66.5 Å². The first kappa shape index (κ1) is 24.2. The number of halogens is 3. The van der Waals surface area contributed by atoms with Gasteiger partial charge in [0.15, 0.2) is 0 Å². The molecule has 2 rings (SSSR count). The van der Waals surface area contributed by atoms with Gasteiger partial charge in [-0.25, -0.2) is 8.42 Å². The smallest absolute Gasteiger partial charge is 0.240 e. The molecule has 0 saturated carbocycles. The Balaban J connectivity index is 1.90. The Morgan fingerprint density at radius 2 is 1.69 bits per heavy atom. The zero-order valence-electron chi connectivity index (χ0n) is 15.9. The molecule has 10 heteroatoms. The second-order valence-electron chi connectivity index (χ2n) is 6.38. The van der Waals surface area contributed by atoms with Crippen LogP contribution in [0.2, 0.25) is 15.1 Å². The molecule has 0 atom stereocenters. The van der Waals surface area contributed by atoms with Gasteiger partial charge in [-0.2, -0.15) is 11.8 Å². The maximum absolute atomic E-state index is 12.3. The summed E-state index contributed by atoms with van der Waals surface area (Å²) in [7, 11) is -3.76. The lowest BCUT2D eigenvalue weighted by atomic mass is 10.2. The van der Waals surface area contributed by atoms with Crippen LogP contribution in [0.25, 0.3) is 0 Å². The molecule has 29 heavy (non-hydrogen) atoms. The molecule has 0 heterocycles. The Morgan fingerprint density at radius 3 is 2.31 bits per heavy atom. The number of aryl methyl sites for hydroxylation is 1. The summed E-state index contributed by atoms with van der Waals surface area (Å²) >= 11 is 19.7. The first-order valence-electron chi connectivity index (χ1n) is 8.60. The number of nitrogens with one attached hydrogen (secondary N) is 1. The van der Waals surface area contributed by atoms with E-state index in [2.05, 4.69) is 29.6 Å². The normalized spacial score (nSPS) is 11.3. The average Bonchev–Trinajstić information content (AvgIpc) is 2.63. The number of carbonyl (C=O) groups excluding carboxylic acids is 1. The molecule has 2 aromatic rings. The van der Waals surface area contributed by atoms with E-state index in [0.29, 0.717) is 12.3 Å². The number of hydrogen-bond donors (Lipinski definition) is 1. The van der Waals surface area contributed by atoms with Gasteiger partial charge in [-0.3, -0.25) is 9.10 Å². The van der Waals surface area contributed by atoms with E-state index in [-0.39, 0.29) is 20.8 Å². The van der Waals surface area contributed by atoms with Gasteiger partial charge < -0.3 is 5.32 Å². The van der Waals surface area contributed by atoms with E-state index < -0.39 is 22.5 Å². The van der Waals surface area contributed by atoms with Gasteiger partial charge in [-0.05, 0) is 24.6 Å². The van der Waals surface area contributed by atoms with E-state index in [4.69, 9.17) is 34.8 Å². The number of carbonyl (C=O) groups is 1. The standard InChI is InChI=1S/C19H21Cl3N2O3S2/c1-13-3-5-14(6-4-13)12-28-8-7-23-19(25)11-24(29(2,26)27)18-10-16(21)15(20)9-17(18)22/h3-6,9-10H,7-8,11-12H2,1-2H3,(H,23,25). The molecule has 0 radical (unpaired) electrons. The van der Waals surface area contributed by atoms with Crippen molar-refractivity contribution >= 4 is 68.2 Å². The summed E-state index contributed by atoms with van der Waals surface area (Å²) in [5, 5.41) is 3.16. The van der Waals surface area contributed by atoms with Crippen molar-refractivity contribution in [2.45, 2.75) is 12.7 Å². The number of nitrogens with zero attached hydrogens (tertiary/aromatic N) is 1. The van der Waals surface area contributed by atoms with Gasteiger partial charge in [0.2, 0.25) is 15.9 Å². The number of hydrogen-bond acceptors (Lipinski definition) is 4. The molecular formula is C19H21Cl3N2O3S2. The summed E-state index contributed by atoms with van der Waals surface area (Å²) < 4.78 is 25.3. The van der Waals surface area contributed by atoms with Gasteiger partial charge in [0, 0.05) is 18.1 Å². The molecule has 0 aliphatic rings. The zero-order chi connectivity index (χ0) is 21.6. The molecule has 0 spiro atoms. The summed E-state index contributed by atoms with van der Waals surface area (Å²) in [5.41, 5.74) is 2.53. The lowest BCUT2D eigenvalue weighted by molar-refractivity contribution is -0.119. The van der Waals surface area contributed by atoms with Gasteiger partial charge >= 0.3 is 0 Å². The van der Waals surface area contributed by atoms with Crippen LogP contribution < -0.4 is 9.62 Å². The molecule has 0 aliphatic carbocycles. The third-order valence-corrected chi connectivity index (χ3v) is 7.09. The van der Waals surface area contributed by atoms with Crippen molar-refractivity contribution in [3.63, 3.8) is 0 Å². The molecule has 0 saturated heterocycles. The highest BCUT2D eigenvalue weighted by molar-refractivity contribution is 7.98. The fraction of sp³-hybridized carbons (Fsp3) is 0.316. The van der Waals surface area contributed by atoms with Gasteiger partial charge in [-0.1, -0.05) is 64.6 Å². The van der Waals surface area contributed by atoms with Crippen LogP contribution in [0.4, 0.5) is 5.69 Å². The molecule has 0 fully saturated rings. The molecule has 0 bridgehead atoms. The van der Waals surface area contributed by atoms with E-state index >= 15 is 0 Å². The summed E-state index contributed by atoms with van der Waals surface area (Å²) in [5.74, 6) is 1.10. The van der Waals surface area contributed by atoms with E-state index in [1.165, 1.54) is 23.3 Å². The maximum atomic E-state index is 12.3. The van der Waals surface area contributed by atoms with Crippen molar-refractivity contribution in [1.82, 2.24) is 5.32 Å². The zero-order valence-corrected chi connectivity index (χ0v) is 19.8. The van der Waals surface area contributed by atoms with E-state index in [1.807, 2.05) is 6.92 Å². The summed E-state index contributed by atoms with van der Waals surface area (Å²) in [4.78, 5) is 12.3.